The molecule has 5 aromatic rings. The molecule has 0 saturated carbocycles. The van der Waals surface area contributed by atoms with Crippen molar-refractivity contribution < 1.29 is 9.72 Å². The number of pyridine rings is 1. The van der Waals surface area contributed by atoms with E-state index >= 15 is 0 Å². The van der Waals surface area contributed by atoms with E-state index in [2.05, 4.69) is 25.6 Å². The van der Waals surface area contributed by atoms with Gasteiger partial charge in [-0.3, -0.25) is 14.9 Å². The molecule has 40 heavy (non-hydrogen) atoms. The molecule has 0 aliphatic rings. The predicted molar refractivity (Wildman–Crippen MR) is 159 cm³/mol. The molecule has 0 unspecified atom stereocenters. The van der Waals surface area contributed by atoms with Crippen LogP contribution in [0.5, 0.6) is 0 Å². The normalized spacial score (nSPS) is 10.7. The lowest BCUT2D eigenvalue weighted by Gasteiger charge is -2.22. The van der Waals surface area contributed by atoms with Gasteiger partial charge in [-0.1, -0.05) is 24.3 Å². The summed E-state index contributed by atoms with van der Waals surface area (Å²) in [5.74, 6) is 1.07. The molecule has 0 bridgehead atoms. The highest BCUT2D eigenvalue weighted by Gasteiger charge is 2.18. The van der Waals surface area contributed by atoms with Crippen LogP contribution < -0.4 is 15.5 Å². The SMILES string of the molecule is O=C(Cc1cccs1)N(Cc1cccs1)c1ccc(-c2ccnc(NCCNc3ccc([N+](=O)[O-])cn3)n2)cc1. The van der Waals surface area contributed by atoms with Crippen LogP contribution in [0, 0.1) is 10.1 Å². The topological polar surface area (TPSA) is 126 Å². The van der Waals surface area contributed by atoms with E-state index in [4.69, 9.17) is 0 Å². The first-order valence-electron chi connectivity index (χ1n) is 12.4. The van der Waals surface area contributed by atoms with Gasteiger partial charge in [0.1, 0.15) is 12.0 Å². The number of nitro groups is 1. The summed E-state index contributed by atoms with van der Waals surface area (Å²) in [6, 6.07) is 20.6. The Morgan fingerprint density at radius 2 is 1.65 bits per heavy atom. The minimum Gasteiger partial charge on any atom is -0.368 e. The lowest BCUT2D eigenvalue weighted by molar-refractivity contribution is -0.385. The van der Waals surface area contributed by atoms with Crippen LogP contribution in [-0.2, 0) is 17.8 Å². The number of nitrogens with one attached hydrogen (secondary N) is 2. The molecule has 1 amide bonds. The molecule has 0 aliphatic heterocycles. The average Bonchev–Trinajstić information content (AvgIpc) is 3.69. The van der Waals surface area contributed by atoms with E-state index in [1.54, 1.807) is 34.9 Å². The van der Waals surface area contributed by atoms with Gasteiger partial charge in [-0.05, 0) is 47.2 Å². The van der Waals surface area contributed by atoms with Crippen LogP contribution in [-0.4, -0.2) is 38.9 Å². The van der Waals surface area contributed by atoms with Crippen molar-refractivity contribution in [2.75, 3.05) is 28.6 Å². The highest BCUT2D eigenvalue weighted by Crippen LogP contribution is 2.26. The smallest absolute Gasteiger partial charge is 0.287 e. The van der Waals surface area contributed by atoms with Crippen molar-refractivity contribution in [3.8, 4) is 11.3 Å². The number of rotatable bonds is 12. The Kier molecular flexibility index (Phi) is 8.69. The highest BCUT2D eigenvalue weighted by molar-refractivity contribution is 7.10. The maximum absolute atomic E-state index is 13.3. The predicted octanol–water partition coefficient (Wildman–Crippen LogP) is 5.87. The fraction of sp³-hybridized carbons (Fsp3) is 0.143. The summed E-state index contributed by atoms with van der Waals surface area (Å²) in [5, 5.41) is 21.0. The highest BCUT2D eigenvalue weighted by atomic mass is 32.1. The molecule has 0 atom stereocenters. The molecule has 12 heteroatoms. The molecule has 0 aliphatic carbocycles. The van der Waals surface area contributed by atoms with Gasteiger partial charge in [0.25, 0.3) is 5.69 Å². The molecular weight excluding hydrogens is 546 g/mol. The maximum Gasteiger partial charge on any atom is 0.287 e. The third-order valence-corrected chi connectivity index (χ3v) is 7.64. The molecule has 10 nitrogen and oxygen atoms in total. The van der Waals surface area contributed by atoms with Gasteiger partial charge in [0, 0.05) is 46.4 Å². The Hall–Kier alpha value is -4.68. The molecule has 0 radical (unpaired) electrons. The van der Waals surface area contributed by atoms with Crippen molar-refractivity contribution in [3.05, 3.63) is 110 Å². The number of anilines is 3. The number of aromatic nitrogens is 3. The van der Waals surface area contributed by atoms with Crippen LogP contribution >= 0.6 is 22.7 Å². The van der Waals surface area contributed by atoms with Crippen LogP contribution in [0.2, 0.25) is 0 Å². The Bertz CT molecular complexity index is 1540. The van der Waals surface area contributed by atoms with Gasteiger partial charge in [0.05, 0.1) is 23.6 Å². The lowest BCUT2D eigenvalue weighted by Crippen LogP contribution is -2.31. The van der Waals surface area contributed by atoms with E-state index < -0.39 is 4.92 Å². The summed E-state index contributed by atoms with van der Waals surface area (Å²) >= 11 is 3.22. The first-order chi connectivity index (χ1) is 19.5. The molecule has 5 rings (SSSR count). The molecule has 202 valence electrons. The first-order valence-corrected chi connectivity index (χ1v) is 14.2. The number of hydrogen-bond donors (Lipinski definition) is 2. The molecule has 1 aromatic carbocycles. The monoisotopic (exact) mass is 571 g/mol. The Morgan fingerprint density at radius 1 is 0.900 bits per heavy atom. The number of amides is 1. The van der Waals surface area contributed by atoms with Gasteiger partial charge in [-0.2, -0.15) is 0 Å². The van der Waals surface area contributed by atoms with E-state index in [9.17, 15) is 14.9 Å². The summed E-state index contributed by atoms with van der Waals surface area (Å²) in [4.78, 5) is 40.5. The molecule has 0 saturated heterocycles. The van der Waals surface area contributed by atoms with Gasteiger partial charge in [-0.25, -0.2) is 15.0 Å². The van der Waals surface area contributed by atoms with Gasteiger partial charge in [-0.15, -0.1) is 22.7 Å². The summed E-state index contributed by atoms with van der Waals surface area (Å²) in [7, 11) is 0. The minimum absolute atomic E-state index is 0.0506. The zero-order valence-electron chi connectivity index (χ0n) is 21.3. The van der Waals surface area contributed by atoms with Gasteiger partial charge in [0.15, 0.2) is 0 Å². The zero-order chi connectivity index (χ0) is 27.7. The second kappa shape index (κ2) is 12.9. The second-order valence-corrected chi connectivity index (χ2v) is 10.7. The third-order valence-electron chi connectivity index (χ3n) is 5.90. The summed E-state index contributed by atoms with van der Waals surface area (Å²) in [6.07, 6.45) is 3.27. The van der Waals surface area contributed by atoms with Crippen LogP contribution in [0.15, 0.2) is 89.9 Å². The van der Waals surface area contributed by atoms with Crippen LogP contribution in [0.1, 0.15) is 9.75 Å². The zero-order valence-corrected chi connectivity index (χ0v) is 22.9. The standard InChI is InChI=1S/C28H25N7O3S2/c36-27(17-23-3-1-15-39-23)34(19-24-4-2-16-40-24)21-7-5-20(6-8-21)25-11-12-30-28(33-25)31-14-13-29-26-10-9-22(18-32-26)35(37)38/h1-12,15-16,18H,13-14,17,19H2,(H,29,32)(H,30,31,33). The lowest BCUT2D eigenvalue weighted by atomic mass is 10.1. The van der Waals surface area contributed by atoms with Crippen LogP contribution in [0.4, 0.5) is 23.1 Å². The van der Waals surface area contributed by atoms with Crippen LogP contribution in [0.25, 0.3) is 11.3 Å². The fourth-order valence-corrected chi connectivity index (χ4v) is 5.31. The van der Waals surface area contributed by atoms with Crippen molar-refractivity contribution in [2.45, 2.75) is 13.0 Å². The summed E-state index contributed by atoms with van der Waals surface area (Å²) in [6.45, 7) is 1.56. The number of carbonyl (C=O) groups excluding carboxylic acids is 1. The largest absolute Gasteiger partial charge is 0.368 e. The van der Waals surface area contributed by atoms with Gasteiger partial charge in [0.2, 0.25) is 11.9 Å². The Balaban J connectivity index is 1.22. The molecular formula is C28H25N7O3S2. The van der Waals surface area contributed by atoms with Crippen molar-refractivity contribution in [3.63, 3.8) is 0 Å². The Morgan fingerprint density at radius 3 is 2.33 bits per heavy atom. The molecule has 0 fully saturated rings. The number of benzene rings is 1. The number of nitrogens with zero attached hydrogens (tertiary/aromatic N) is 5. The first kappa shape index (κ1) is 26.9. The van der Waals surface area contributed by atoms with Crippen molar-refractivity contribution in [2.24, 2.45) is 0 Å². The quantitative estimate of drug-likeness (QED) is 0.108. The maximum atomic E-state index is 13.3. The van der Waals surface area contributed by atoms with E-state index in [1.165, 1.54) is 12.3 Å². The van der Waals surface area contributed by atoms with Crippen molar-refractivity contribution in [1.29, 1.82) is 0 Å². The second-order valence-electron chi connectivity index (χ2n) is 8.64. The fourth-order valence-electron chi connectivity index (χ4n) is 3.92. The molecule has 4 aromatic heterocycles. The van der Waals surface area contributed by atoms with Crippen molar-refractivity contribution >= 4 is 51.7 Å². The van der Waals surface area contributed by atoms with E-state index in [0.717, 1.165) is 26.7 Å². The molecule has 0 spiro atoms. The Labute approximate surface area is 238 Å². The average molecular weight is 572 g/mol. The number of carbonyl (C=O) groups is 1. The van der Waals surface area contributed by atoms with Crippen LogP contribution in [0.3, 0.4) is 0 Å². The molecule has 4 heterocycles. The number of thiophene rings is 2. The summed E-state index contributed by atoms with van der Waals surface area (Å²) < 4.78 is 0. The third kappa shape index (κ3) is 7.04. The minimum atomic E-state index is -0.483. The van der Waals surface area contributed by atoms with Gasteiger partial charge >= 0.3 is 0 Å². The van der Waals surface area contributed by atoms with E-state index in [0.29, 0.717) is 37.8 Å². The van der Waals surface area contributed by atoms with E-state index in [1.807, 2.05) is 70.3 Å². The van der Waals surface area contributed by atoms with E-state index in [-0.39, 0.29) is 11.6 Å². The summed E-state index contributed by atoms with van der Waals surface area (Å²) in [5.41, 5.74) is 2.44. The number of hydrogen-bond acceptors (Lipinski definition) is 10. The van der Waals surface area contributed by atoms with Crippen molar-refractivity contribution in [1.82, 2.24) is 15.0 Å². The van der Waals surface area contributed by atoms with Gasteiger partial charge < -0.3 is 15.5 Å². The molecule has 2 N–H and O–H groups in total.